The number of fused-ring (bicyclic) bond motifs is 4. The predicted octanol–water partition coefficient (Wildman–Crippen LogP) is 17.7. The van der Waals surface area contributed by atoms with E-state index >= 15 is 0 Å². The number of pyridine rings is 2. The first-order chi connectivity index (χ1) is 62.7. The summed E-state index contributed by atoms with van der Waals surface area (Å²) in [6.45, 7) is 17.8. The van der Waals surface area contributed by atoms with E-state index in [0.717, 1.165) is 154 Å². The highest BCUT2D eigenvalue weighted by molar-refractivity contribution is 7.94. The lowest BCUT2D eigenvalue weighted by molar-refractivity contribution is -0.386. The number of nitrogens with zero attached hydrogens (tertiary/aromatic N) is 10. The molecule has 6 aliphatic heterocycles. The van der Waals surface area contributed by atoms with Gasteiger partial charge in [-0.25, -0.2) is 53.4 Å². The molecule has 0 bridgehead atoms. The first-order valence-corrected chi connectivity index (χ1v) is 51.9. The monoisotopic (exact) mass is 1900 g/mol. The summed E-state index contributed by atoms with van der Waals surface area (Å²) in [6, 6.07) is 37.9. The molecule has 690 valence electrons. The second-order valence-electron chi connectivity index (χ2n) is 36.9. The lowest BCUT2D eigenvalue weighted by Gasteiger charge is -2.39. The number of hydrogen-bond donors (Lipinski definition) is 4. The van der Waals surface area contributed by atoms with Gasteiger partial charge in [0.1, 0.15) is 45.8 Å². The van der Waals surface area contributed by atoms with Crippen LogP contribution in [0.2, 0.25) is 10.0 Å². The summed E-state index contributed by atoms with van der Waals surface area (Å²) in [5.41, 5.74) is 10.9. The van der Waals surface area contributed by atoms with E-state index < -0.39 is 82.3 Å². The standard InChI is InChI=1S/C48H54ClN7O8S2.C47H52ClN7O8S2/c1-48(2)14-12-35(42(27-48)33-6-8-36(49)9-7-33)30-54-16-18-55(19-17-54)37-10-11-40(45(24-37)64-38-23-34-13-15-50-46(34)51-29-38)47(57)53-66(61,62)39-25-43(56(58)59)41-22-32(31-63-44(41)26-39)28-52-65(60)20-4-3-5-21-65;1-47(2)13-11-34(41(26-47)32-5-7-35(48)8-6-32)29-53-15-17-54(18-16-53)36-9-10-39(44(23-36)63-37-22-33-12-14-49-45(33)50-28-37)46(56)52-65(60,61)38-24-42(55(57)58)40-21-31(30-62-43(40)25-38)27-51-64(59)19-3-4-20-64/h6-11,13,15,23-26,29,32H,3-5,12,14,16-22,27-28,30-31H2,1-2H3,(H,50,51)(H,53,57);5-10,12,14,22-25,28,31H,3-4,11,13,15-21,26-27,29-30H2,1-2H3,(H,49,50)(H,52,56)/t32-;31-/m11/s1. The van der Waals surface area contributed by atoms with Crippen molar-refractivity contribution in [2.45, 2.75) is 121 Å². The molecular formula is C95H106Cl2N14O16S4. The van der Waals surface area contributed by atoms with Crippen LogP contribution >= 0.6 is 23.2 Å². The summed E-state index contributed by atoms with van der Waals surface area (Å²) in [7, 11) is -13.9. The largest absolute Gasteiger partial charge is 0.493 e. The summed E-state index contributed by atoms with van der Waals surface area (Å²) in [6.07, 6.45) is 17.7. The number of aromatic amines is 2. The van der Waals surface area contributed by atoms with Gasteiger partial charge in [-0.3, -0.25) is 39.6 Å². The molecule has 2 amide bonds. The van der Waals surface area contributed by atoms with Crippen LogP contribution in [-0.4, -0.2) is 191 Å². The third-order valence-corrected chi connectivity index (χ3v) is 34.2. The normalized spacial score (nSPS) is 19.7. The van der Waals surface area contributed by atoms with Gasteiger partial charge >= 0.3 is 0 Å². The summed E-state index contributed by atoms with van der Waals surface area (Å²) in [5, 5.41) is 27.7. The zero-order valence-corrected chi connectivity index (χ0v) is 78.3. The van der Waals surface area contributed by atoms with Gasteiger partial charge in [-0.2, -0.15) is 0 Å². The van der Waals surface area contributed by atoms with Crippen LogP contribution in [0.3, 0.4) is 0 Å². The van der Waals surface area contributed by atoms with Gasteiger partial charge < -0.3 is 38.7 Å². The Morgan fingerprint density at radius 2 is 0.924 bits per heavy atom. The van der Waals surface area contributed by atoms with Crippen LogP contribution in [0.1, 0.15) is 141 Å². The molecule has 2 atom stereocenters. The van der Waals surface area contributed by atoms with Crippen LogP contribution in [0.4, 0.5) is 22.7 Å². The number of nitro benzene ring substituents is 2. The maximum absolute atomic E-state index is 14.1. The molecule has 131 heavy (non-hydrogen) atoms. The van der Waals surface area contributed by atoms with Crippen LogP contribution in [-0.2, 0) is 52.3 Å². The number of nitrogens with one attached hydrogen (secondary N) is 4. The highest BCUT2D eigenvalue weighted by Crippen LogP contribution is 2.48. The Bertz CT molecular complexity index is 6660. The zero-order valence-electron chi connectivity index (χ0n) is 73.5. The number of benzene rings is 6. The van der Waals surface area contributed by atoms with Crippen molar-refractivity contribution < 1.29 is 63.6 Å². The average molecular weight is 1900 g/mol. The van der Waals surface area contributed by atoms with Crippen LogP contribution in [0.5, 0.6) is 34.5 Å². The van der Waals surface area contributed by atoms with Gasteiger partial charge in [0, 0.05) is 201 Å². The highest BCUT2D eigenvalue weighted by atomic mass is 35.5. The Hall–Kier alpha value is -11.0. The Morgan fingerprint density at radius 3 is 1.31 bits per heavy atom. The Morgan fingerprint density at radius 1 is 0.534 bits per heavy atom. The van der Waals surface area contributed by atoms with Crippen molar-refractivity contribution in [3.8, 4) is 34.5 Å². The molecule has 30 nitrogen and oxygen atoms in total. The fraction of sp³-hybridized carbons (Fsp3) is 0.411. The smallest absolute Gasteiger partial charge is 0.277 e. The summed E-state index contributed by atoms with van der Waals surface area (Å²) in [4.78, 5) is 74.9. The molecule has 10 heterocycles. The SMILES string of the molecule is CC1(C)CCC(CN2CCN(c3ccc(C(=O)NS(=O)(=O)c4cc5c(c([N+](=O)[O-])c4)C[C@H](CN=S4(=O)CCCC4)CO5)c(Oc4cnc5[nH]ccc5c4)c3)CC2)=C(c2ccc(Cl)cc2)C1.CC1(C)CCC(CN2CCN(c3ccc(C(=O)NS(=O)(=O)c4cc5c(c([N+](=O)[O-])c4)C[C@H](CN=S4(=O)CCCCC4)CO5)c(Oc4cnc5[nH]ccc5c4)c3)CC2)=C(c2ccc(Cl)cc2)C1. The average Bonchev–Trinajstić information content (AvgIpc) is 1.05. The number of hydrogen-bond acceptors (Lipinski definition) is 24. The van der Waals surface area contributed by atoms with E-state index in [4.69, 9.17) is 42.1 Å². The second kappa shape index (κ2) is 38.3. The van der Waals surface area contributed by atoms with Gasteiger partial charge in [-0.1, -0.05) is 92.7 Å². The molecule has 0 radical (unpaired) electrons. The number of anilines is 2. The van der Waals surface area contributed by atoms with Crippen LogP contribution in [0.15, 0.2) is 188 Å². The topological polar surface area (TPSA) is 379 Å². The Kier molecular flexibility index (Phi) is 26.9. The van der Waals surface area contributed by atoms with Crippen molar-refractivity contribution in [3.63, 3.8) is 0 Å². The number of aromatic nitrogens is 4. The van der Waals surface area contributed by atoms with Crippen molar-refractivity contribution in [3.05, 3.63) is 233 Å². The number of sulfonamides is 2. The molecule has 2 aliphatic carbocycles. The van der Waals surface area contributed by atoms with Gasteiger partial charge in [0.25, 0.3) is 43.2 Å². The summed E-state index contributed by atoms with van der Waals surface area (Å²) < 4.78 is 120. The Balaban J connectivity index is 0.000000183. The molecule has 0 saturated carbocycles. The van der Waals surface area contributed by atoms with Gasteiger partial charge in [0.05, 0.1) is 80.6 Å². The number of H-pyrrole nitrogens is 2. The van der Waals surface area contributed by atoms with E-state index in [2.05, 4.69) is 110 Å². The lowest BCUT2D eigenvalue weighted by atomic mass is 9.72. The molecule has 36 heteroatoms. The zero-order chi connectivity index (χ0) is 91.7. The number of carbonyl (C=O) groups excluding carboxylic acids is 2. The Labute approximate surface area is 772 Å². The highest BCUT2D eigenvalue weighted by Gasteiger charge is 2.38. The molecule has 10 aromatic rings. The number of carbonyl (C=O) groups is 2. The van der Waals surface area contributed by atoms with Crippen LogP contribution in [0.25, 0.3) is 33.2 Å². The number of piperazine rings is 2. The molecular weight excluding hydrogens is 1790 g/mol. The fourth-order valence-corrected chi connectivity index (χ4v) is 25.5. The third-order valence-electron chi connectivity index (χ3n) is 26.1. The molecule has 18 rings (SSSR count). The molecule has 6 aromatic carbocycles. The second-order valence-corrected chi connectivity index (χ2v) is 46.3. The van der Waals surface area contributed by atoms with Crippen LogP contribution in [0, 0.1) is 42.9 Å². The van der Waals surface area contributed by atoms with E-state index in [1.54, 1.807) is 48.8 Å². The molecule has 0 spiro atoms. The molecule has 8 aliphatic rings. The maximum atomic E-state index is 14.1. The van der Waals surface area contributed by atoms with Crippen molar-refractivity contribution >= 4 is 130 Å². The number of rotatable bonds is 24. The minimum atomic E-state index is -4.67. The minimum absolute atomic E-state index is 0.0378. The first kappa shape index (κ1) is 91.9. The quantitative estimate of drug-likeness (QED) is 0.0322. The van der Waals surface area contributed by atoms with Gasteiger partial charge in [0.15, 0.2) is 0 Å². The lowest BCUT2D eigenvalue weighted by Crippen LogP contribution is -2.47. The third kappa shape index (κ3) is 21.7. The van der Waals surface area contributed by atoms with E-state index in [1.807, 2.05) is 36.4 Å². The minimum Gasteiger partial charge on any atom is -0.493 e. The maximum Gasteiger partial charge on any atom is 0.277 e. The van der Waals surface area contributed by atoms with Gasteiger partial charge in [-0.05, 0) is 183 Å². The van der Waals surface area contributed by atoms with Crippen LogP contribution < -0.4 is 38.2 Å². The van der Waals surface area contributed by atoms with E-state index in [-0.39, 0.29) is 107 Å². The predicted molar refractivity (Wildman–Crippen MR) is 509 cm³/mol. The van der Waals surface area contributed by atoms with E-state index in [9.17, 15) is 55.1 Å². The fourth-order valence-electron chi connectivity index (χ4n) is 18.7. The summed E-state index contributed by atoms with van der Waals surface area (Å²) >= 11 is 12.5. The van der Waals surface area contributed by atoms with Crippen molar-refractivity contribution in [1.82, 2.24) is 39.2 Å². The number of nitro groups is 2. The molecule has 4 N–H and O–H groups in total. The number of amides is 2. The van der Waals surface area contributed by atoms with Gasteiger partial charge in [0.2, 0.25) is 0 Å². The molecule has 4 aromatic heterocycles. The number of halogens is 2. The summed E-state index contributed by atoms with van der Waals surface area (Å²) in [5.74, 6) is 0.637. The van der Waals surface area contributed by atoms with Gasteiger partial charge in [-0.15, -0.1) is 0 Å². The molecule has 0 unspecified atom stereocenters. The molecule has 4 saturated heterocycles. The number of allylic oxidation sites excluding steroid dienone is 2. The molecule has 4 fully saturated rings. The van der Waals surface area contributed by atoms with E-state index in [1.165, 1.54) is 70.1 Å². The van der Waals surface area contributed by atoms with Crippen molar-refractivity contribution in [1.29, 1.82) is 0 Å². The van der Waals surface area contributed by atoms with E-state index in [0.29, 0.717) is 72.0 Å². The van der Waals surface area contributed by atoms with Crippen molar-refractivity contribution in [2.24, 2.45) is 31.4 Å². The first-order valence-electron chi connectivity index (χ1n) is 44.5. The van der Waals surface area contributed by atoms with Crippen molar-refractivity contribution in [2.75, 3.05) is 125 Å². The number of ether oxygens (including phenoxy) is 4.